The van der Waals surface area contributed by atoms with E-state index in [-0.39, 0.29) is 0 Å². The molecule has 0 spiro atoms. The van der Waals surface area contributed by atoms with Gasteiger partial charge in [-0.2, -0.15) is 24.4 Å². The van der Waals surface area contributed by atoms with Gasteiger partial charge in [0.05, 0.1) is 0 Å². The van der Waals surface area contributed by atoms with Crippen molar-refractivity contribution in [2.75, 3.05) is 11.5 Å². The van der Waals surface area contributed by atoms with Crippen LogP contribution in [0.5, 0.6) is 0 Å². The van der Waals surface area contributed by atoms with Gasteiger partial charge in [0, 0.05) is 22.3 Å². The van der Waals surface area contributed by atoms with Crippen LogP contribution in [0, 0.1) is 0 Å². The number of benzene rings is 1. The molecule has 0 saturated carbocycles. The molecule has 14 heavy (non-hydrogen) atoms. The fourth-order valence-electron chi connectivity index (χ4n) is 0.966. The Morgan fingerprint density at radius 3 is 2.79 bits per heavy atom. The summed E-state index contributed by atoms with van der Waals surface area (Å²) in [6, 6.07) is 7.93. The SMILES string of the molecule is C=C(CS)CSCc1ccccc1Cl. The number of thiol groups is 1. The van der Waals surface area contributed by atoms with Crippen molar-refractivity contribution in [3.63, 3.8) is 0 Å². The standard InChI is InChI=1S/C11H13ClS2/c1-9(6-13)7-14-8-10-4-2-3-5-11(10)12/h2-5,13H,1,6-8H2. The van der Waals surface area contributed by atoms with Gasteiger partial charge in [0.1, 0.15) is 0 Å². The normalized spacial score (nSPS) is 10.1. The third kappa shape index (κ3) is 3.99. The summed E-state index contributed by atoms with van der Waals surface area (Å²) in [7, 11) is 0. The lowest BCUT2D eigenvalue weighted by atomic mass is 10.2. The molecule has 0 atom stereocenters. The zero-order chi connectivity index (χ0) is 10.4. The van der Waals surface area contributed by atoms with Crippen molar-refractivity contribution in [1.29, 1.82) is 0 Å². The molecule has 0 saturated heterocycles. The zero-order valence-corrected chi connectivity index (χ0v) is 10.3. The van der Waals surface area contributed by atoms with Gasteiger partial charge in [0.15, 0.2) is 0 Å². The van der Waals surface area contributed by atoms with Crippen LogP contribution in [0.2, 0.25) is 5.02 Å². The highest BCUT2D eigenvalue weighted by Gasteiger charge is 1.99. The van der Waals surface area contributed by atoms with Crippen LogP contribution in [-0.2, 0) is 5.75 Å². The minimum absolute atomic E-state index is 0.759. The van der Waals surface area contributed by atoms with Crippen LogP contribution in [0.25, 0.3) is 0 Å². The van der Waals surface area contributed by atoms with Crippen LogP contribution in [0.3, 0.4) is 0 Å². The van der Waals surface area contributed by atoms with Gasteiger partial charge >= 0.3 is 0 Å². The molecule has 0 aliphatic rings. The van der Waals surface area contributed by atoms with Crippen molar-refractivity contribution in [3.8, 4) is 0 Å². The molecule has 76 valence electrons. The molecule has 0 heterocycles. The largest absolute Gasteiger partial charge is 0.175 e. The molecule has 0 bridgehead atoms. The summed E-state index contributed by atoms with van der Waals surface area (Å²) in [5, 5.41) is 0.844. The highest BCUT2D eigenvalue weighted by Crippen LogP contribution is 2.21. The van der Waals surface area contributed by atoms with Gasteiger partial charge in [-0.15, -0.1) is 0 Å². The molecule has 1 aromatic rings. The lowest BCUT2D eigenvalue weighted by molar-refractivity contribution is 1.39. The van der Waals surface area contributed by atoms with E-state index in [1.807, 2.05) is 30.0 Å². The van der Waals surface area contributed by atoms with Crippen LogP contribution >= 0.6 is 36.0 Å². The van der Waals surface area contributed by atoms with Crippen molar-refractivity contribution in [1.82, 2.24) is 0 Å². The third-order valence-corrected chi connectivity index (χ3v) is 3.69. The average molecular weight is 245 g/mol. The minimum atomic E-state index is 0.759. The maximum absolute atomic E-state index is 6.02. The smallest absolute Gasteiger partial charge is 0.0446 e. The van der Waals surface area contributed by atoms with Crippen molar-refractivity contribution in [3.05, 3.63) is 47.0 Å². The lowest BCUT2D eigenvalue weighted by Gasteiger charge is -2.04. The highest BCUT2D eigenvalue weighted by atomic mass is 35.5. The van der Waals surface area contributed by atoms with E-state index in [1.165, 1.54) is 5.56 Å². The highest BCUT2D eigenvalue weighted by molar-refractivity contribution is 7.98. The van der Waals surface area contributed by atoms with E-state index in [0.29, 0.717) is 0 Å². The number of hydrogen-bond acceptors (Lipinski definition) is 2. The predicted molar refractivity (Wildman–Crippen MR) is 70.6 cm³/mol. The maximum atomic E-state index is 6.02. The van der Waals surface area contributed by atoms with E-state index in [4.69, 9.17) is 11.6 Å². The van der Waals surface area contributed by atoms with Crippen LogP contribution in [-0.4, -0.2) is 11.5 Å². The molecule has 0 aromatic heterocycles. The van der Waals surface area contributed by atoms with Crippen LogP contribution in [0.4, 0.5) is 0 Å². The Morgan fingerprint density at radius 2 is 2.14 bits per heavy atom. The molecule has 0 aliphatic carbocycles. The minimum Gasteiger partial charge on any atom is -0.175 e. The van der Waals surface area contributed by atoms with Gasteiger partial charge in [-0.05, 0) is 11.6 Å². The van der Waals surface area contributed by atoms with Crippen molar-refractivity contribution in [2.24, 2.45) is 0 Å². The van der Waals surface area contributed by atoms with Gasteiger partial charge in [-0.1, -0.05) is 42.0 Å². The Morgan fingerprint density at radius 1 is 1.43 bits per heavy atom. The Bertz CT molecular complexity index is 310. The van der Waals surface area contributed by atoms with Gasteiger partial charge in [0.2, 0.25) is 0 Å². The first-order valence-corrected chi connectivity index (χ1v) is 6.49. The molecular formula is C11H13ClS2. The molecule has 0 N–H and O–H groups in total. The molecule has 0 unspecified atom stereocenters. The third-order valence-electron chi connectivity index (χ3n) is 1.75. The molecule has 1 rings (SSSR count). The second-order valence-electron chi connectivity index (χ2n) is 2.99. The van der Waals surface area contributed by atoms with Gasteiger partial charge < -0.3 is 0 Å². The van der Waals surface area contributed by atoms with Gasteiger partial charge in [0.25, 0.3) is 0 Å². The monoisotopic (exact) mass is 244 g/mol. The zero-order valence-electron chi connectivity index (χ0n) is 7.87. The number of hydrogen-bond donors (Lipinski definition) is 1. The molecule has 1 aromatic carbocycles. The van der Waals surface area contributed by atoms with E-state index < -0.39 is 0 Å². The summed E-state index contributed by atoms with van der Waals surface area (Å²) < 4.78 is 0. The molecule has 0 aliphatic heterocycles. The van der Waals surface area contributed by atoms with Gasteiger partial charge in [-0.3, -0.25) is 0 Å². The van der Waals surface area contributed by atoms with Crippen LogP contribution in [0.1, 0.15) is 5.56 Å². The summed E-state index contributed by atoms with van der Waals surface area (Å²) in [4.78, 5) is 0. The number of thioether (sulfide) groups is 1. The summed E-state index contributed by atoms with van der Waals surface area (Å²) in [6.07, 6.45) is 0. The van der Waals surface area contributed by atoms with E-state index in [0.717, 1.165) is 27.9 Å². The molecular weight excluding hydrogens is 232 g/mol. The summed E-state index contributed by atoms with van der Waals surface area (Å²) in [6.45, 7) is 3.90. The van der Waals surface area contributed by atoms with E-state index in [2.05, 4.69) is 25.3 Å². The lowest BCUT2D eigenvalue weighted by Crippen LogP contribution is -1.89. The first kappa shape index (κ1) is 12.0. The Balaban J connectivity index is 2.39. The van der Waals surface area contributed by atoms with Gasteiger partial charge in [-0.25, -0.2) is 0 Å². The summed E-state index contributed by atoms with van der Waals surface area (Å²) >= 11 is 12.0. The van der Waals surface area contributed by atoms with E-state index in [1.54, 1.807) is 0 Å². The van der Waals surface area contributed by atoms with E-state index in [9.17, 15) is 0 Å². The second-order valence-corrected chi connectivity index (χ2v) is 4.70. The van der Waals surface area contributed by atoms with Crippen molar-refractivity contribution >= 4 is 36.0 Å². The predicted octanol–water partition coefficient (Wildman–Crippen LogP) is 4.06. The number of rotatable bonds is 5. The fourth-order valence-corrected chi connectivity index (χ4v) is 2.48. The van der Waals surface area contributed by atoms with Crippen molar-refractivity contribution in [2.45, 2.75) is 5.75 Å². The second kappa shape index (κ2) is 6.44. The summed E-state index contributed by atoms with van der Waals surface area (Å²) in [5.74, 6) is 2.65. The van der Waals surface area contributed by atoms with Crippen LogP contribution < -0.4 is 0 Å². The molecule has 3 heteroatoms. The quantitative estimate of drug-likeness (QED) is 0.602. The summed E-state index contributed by atoms with van der Waals surface area (Å²) in [5.41, 5.74) is 2.34. The van der Waals surface area contributed by atoms with Crippen LogP contribution in [0.15, 0.2) is 36.4 Å². The first-order valence-electron chi connectivity index (χ1n) is 4.32. The molecule has 0 amide bonds. The fraction of sp³-hybridized carbons (Fsp3) is 0.273. The Kier molecular flexibility index (Phi) is 5.53. The topological polar surface area (TPSA) is 0 Å². The maximum Gasteiger partial charge on any atom is 0.0446 e. The Hall–Kier alpha value is -0.0500. The molecule has 0 radical (unpaired) electrons. The molecule has 0 fully saturated rings. The molecule has 0 nitrogen and oxygen atoms in total. The first-order chi connectivity index (χ1) is 6.74. The van der Waals surface area contributed by atoms with Crippen molar-refractivity contribution < 1.29 is 0 Å². The van der Waals surface area contributed by atoms with E-state index >= 15 is 0 Å². The Labute approximate surface area is 100 Å². The number of halogens is 1. The average Bonchev–Trinajstić information content (AvgIpc) is 2.20.